The fourth-order valence-corrected chi connectivity index (χ4v) is 1.42. The zero-order valence-electron chi connectivity index (χ0n) is 10.7. The van der Waals surface area contributed by atoms with Crippen molar-refractivity contribution in [1.82, 2.24) is 15.0 Å². The van der Waals surface area contributed by atoms with Crippen LogP contribution in [-0.2, 0) is 6.18 Å². The minimum absolute atomic E-state index is 0.0175. The Morgan fingerprint density at radius 3 is 2.60 bits per heavy atom. The number of hydrogen-bond donors (Lipinski definition) is 1. The Kier molecular flexibility index (Phi) is 3.73. The third-order valence-electron chi connectivity index (χ3n) is 2.39. The van der Waals surface area contributed by atoms with E-state index in [0.29, 0.717) is 11.4 Å². The molecule has 20 heavy (non-hydrogen) atoms. The lowest BCUT2D eigenvalue weighted by Crippen LogP contribution is -2.13. The third kappa shape index (κ3) is 3.14. The van der Waals surface area contributed by atoms with Gasteiger partial charge >= 0.3 is 6.18 Å². The van der Waals surface area contributed by atoms with Crippen LogP contribution >= 0.6 is 0 Å². The first kappa shape index (κ1) is 14.0. The van der Waals surface area contributed by atoms with Gasteiger partial charge in [0.15, 0.2) is 5.75 Å². The van der Waals surface area contributed by atoms with Crippen molar-refractivity contribution in [2.45, 2.75) is 13.1 Å². The zero-order chi connectivity index (χ0) is 14.8. The number of nitrogens with zero attached hydrogens (tertiary/aromatic N) is 3. The molecule has 2 rings (SSSR count). The summed E-state index contributed by atoms with van der Waals surface area (Å²) in [6, 6.07) is 4.49. The molecule has 2 heterocycles. The van der Waals surface area contributed by atoms with E-state index in [9.17, 15) is 13.2 Å². The van der Waals surface area contributed by atoms with E-state index in [0.717, 1.165) is 0 Å². The number of nitrogens with one attached hydrogen (secondary N) is 1. The van der Waals surface area contributed by atoms with Gasteiger partial charge in [-0.3, -0.25) is 4.98 Å². The summed E-state index contributed by atoms with van der Waals surface area (Å²) in [6.45, 7) is 1.68. The van der Waals surface area contributed by atoms with Crippen molar-refractivity contribution in [1.29, 1.82) is 0 Å². The first-order chi connectivity index (χ1) is 9.40. The summed E-state index contributed by atoms with van der Waals surface area (Å²) >= 11 is 0. The molecule has 2 aromatic rings. The second-order valence-electron chi connectivity index (χ2n) is 3.85. The number of pyridine rings is 1. The van der Waals surface area contributed by atoms with Crippen molar-refractivity contribution >= 4 is 5.82 Å². The van der Waals surface area contributed by atoms with Gasteiger partial charge < -0.3 is 10.1 Å². The standard InChI is InChI=1S/C12H11F3N4O/c1-7-8(4-3-5-17-7)20-10-6-9(16-2)18-11(19-10)12(13,14)15/h3-6H,1-2H3,(H,16,18,19). The first-order valence-electron chi connectivity index (χ1n) is 5.63. The van der Waals surface area contributed by atoms with E-state index < -0.39 is 12.0 Å². The summed E-state index contributed by atoms with van der Waals surface area (Å²) in [6.07, 6.45) is -3.09. The molecular formula is C12H11F3N4O. The van der Waals surface area contributed by atoms with Crippen LogP contribution < -0.4 is 10.1 Å². The highest BCUT2D eigenvalue weighted by Gasteiger charge is 2.35. The molecule has 5 nitrogen and oxygen atoms in total. The normalized spacial score (nSPS) is 11.2. The quantitative estimate of drug-likeness (QED) is 0.938. The molecule has 0 aliphatic carbocycles. The predicted molar refractivity (Wildman–Crippen MR) is 65.6 cm³/mol. The summed E-state index contributed by atoms with van der Waals surface area (Å²) in [5.74, 6) is -1.11. The van der Waals surface area contributed by atoms with Crippen molar-refractivity contribution < 1.29 is 17.9 Å². The molecule has 2 aromatic heterocycles. The summed E-state index contributed by atoms with van der Waals surface area (Å²) in [5, 5.41) is 2.53. The van der Waals surface area contributed by atoms with Crippen LogP contribution in [0.5, 0.6) is 11.6 Å². The number of hydrogen-bond acceptors (Lipinski definition) is 5. The lowest BCUT2D eigenvalue weighted by molar-refractivity contribution is -0.145. The van der Waals surface area contributed by atoms with E-state index in [4.69, 9.17) is 4.74 Å². The van der Waals surface area contributed by atoms with Crippen molar-refractivity contribution in [2.75, 3.05) is 12.4 Å². The van der Waals surface area contributed by atoms with E-state index in [-0.39, 0.29) is 11.7 Å². The Morgan fingerprint density at radius 1 is 1.25 bits per heavy atom. The summed E-state index contributed by atoms with van der Waals surface area (Å²) in [5.41, 5.74) is 0.547. The van der Waals surface area contributed by atoms with Gasteiger partial charge in [-0.1, -0.05) is 0 Å². The number of halogens is 3. The molecule has 0 unspecified atom stereocenters. The van der Waals surface area contributed by atoms with Crippen LogP contribution in [0.2, 0.25) is 0 Å². The Labute approximate surface area is 112 Å². The number of ether oxygens (including phenoxy) is 1. The van der Waals surface area contributed by atoms with Crippen LogP contribution in [0.1, 0.15) is 11.5 Å². The maximum absolute atomic E-state index is 12.7. The zero-order valence-corrected chi connectivity index (χ0v) is 10.7. The topological polar surface area (TPSA) is 59.9 Å². The van der Waals surface area contributed by atoms with E-state index in [1.165, 1.54) is 13.1 Å². The minimum Gasteiger partial charge on any atom is -0.437 e. The van der Waals surface area contributed by atoms with Crippen molar-refractivity contribution in [3.63, 3.8) is 0 Å². The van der Waals surface area contributed by atoms with Crippen molar-refractivity contribution in [3.05, 3.63) is 35.9 Å². The van der Waals surface area contributed by atoms with Crippen LogP contribution in [-0.4, -0.2) is 22.0 Å². The summed E-state index contributed by atoms with van der Waals surface area (Å²) < 4.78 is 43.4. The van der Waals surface area contributed by atoms with Gasteiger partial charge in [0.05, 0.1) is 5.69 Å². The largest absolute Gasteiger partial charge is 0.451 e. The molecular weight excluding hydrogens is 273 g/mol. The molecule has 106 valence electrons. The number of aryl methyl sites for hydroxylation is 1. The Morgan fingerprint density at radius 2 is 2.00 bits per heavy atom. The number of alkyl halides is 3. The fourth-order valence-electron chi connectivity index (χ4n) is 1.42. The Hall–Kier alpha value is -2.38. The van der Waals surface area contributed by atoms with Crippen LogP contribution in [0.25, 0.3) is 0 Å². The van der Waals surface area contributed by atoms with E-state index in [1.807, 2.05) is 0 Å². The van der Waals surface area contributed by atoms with Crippen molar-refractivity contribution in [3.8, 4) is 11.6 Å². The Bertz CT molecular complexity index is 616. The van der Waals surface area contributed by atoms with E-state index >= 15 is 0 Å². The molecule has 0 bridgehead atoms. The average molecular weight is 284 g/mol. The van der Waals surface area contributed by atoms with Crippen molar-refractivity contribution in [2.24, 2.45) is 0 Å². The highest BCUT2D eigenvalue weighted by molar-refractivity contribution is 5.40. The van der Waals surface area contributed by atoms with Crippen LogP contribution in [0.15, 0.2) is 24.4 Å². The Balaban J connectivity index is 2.39. The monoisotopic (exact) mass is 284 g/mol. The highest BCUT2D eigenvalue weighted by atomic mass is 19.4. The third-order valence-corrected chi connectivity index (χ3v) is 2.39. The molecule has 0 aliphatic rings. The molecule has 0 atom stereocenters. The van der Waals surface area contributed by atoms with E-state index in [1.54, 1.807) is 25.3 Å². The van der Waals surface area contributed by atoms with Gasteiger partial charge in [0.2, 0.25) is 11.7 Å². The molecule has 0 aromatic carbocycles. The highest BCUT2D eigenvalue weighted by Crippen LogP contribution is 2.30. The molecule has 0 fully saturated rings. The molecule has 8 heteroatoms. The maximum Gasteiger partial charge on any atom is 0.451 e. The van der Waals surface area contributed by atoms with Gasteiger partial charge in [-0.25, -0.2) is 4.98 Å². The minimum atomic E-state index is -4.64. The predicted octanol–water partition coefficient (Wildman–Crippen LogP) is 3.03. The molecule has 0 radical (unpaired) electrons. The lowest BCUT2D eigenvalue weighted by Gasteiger charge is -2.11. The van der Waals surface area contributed by atoms with Gasteiger partial charge in [0.25, 0.3) is 0 Å². The van der Waals surface area contributed by atoms with Gasteiger partial charge in [0, 0.05) is 19.3 Å². The SMILES string of the molecule is CNc1cc(Oc2cccnc2C)nc(C(F)(F)F)n1. The van der Waals surface area contributed by atoms with Gasteiger partial charge in [-0.15, -0.1) is 0 Å². The summed E-state index contributed by atoms with van der Waals surface area (Å²) in [7, 11) is 1.46. The number of rotatable bonds is 3. The maximum atomic E-state index is 12.7. The fraction of sp³-hybridized carbons (Fsp3) is 0.250. The molecule has 0 saturated heterocycles. The van der Waals surface area contributed by atoms with E-state index in [2.05, 4.69) is 20.3 Å². The molecule has 0 spiro atoms. The smallest absolute Gasteiger partial charge is 0.437 e. The second-order valence-corrected chi connectivity index (χ2v) is 3.85. The molecule has 0 aliphatic heterocycles. The van der Waals surface area contributed by atoms with Crippen LogP contribution in [0.3, 0.4) is 0 Å². The molecule has 1 N–H and O–H groups in total. The lowest BCUT2D eigenvalue weighted by atomic mass is 10.3. The van der Waals surface area contributed by atoms with Gasteiger partial charge in [-0.2, -0.15) is 18.2 Å². The van der Waals surface area contributed by atoms with Crippen LogP contribution in [0.4, 0.5) is 19.0 Å². The second kappa shape index (κ2) is 5.32. The van der Waals surface area contributed by atoms with Gasteiger partial charge in [0.1, 0.15) is 5.82 Å². The van der Waals surface area contributed by atoms with Gasteiger partial charge in [-0.05, 0) is 19.1 Å². The summed E-state index contributed by atoms with van der Waals surface area (Å²) in [4.78, 5) is 10.7. The average Bonchev–Trinajstić information content (AvgIpc) is 2.40. The number of aromatic nitrogens is 3. The van der Waals surface area contributed by atoms with Crippen LogP contribution in [0, 0.1) is 6.92 Å². The molecule has 0 saturated carbocycles. The first-order valence-corrected chi connectivity index (χ1v) is 5.63. The number of anilines is 1. The molecule has 0 amide bonds.